The molecule has 1 aromatic heterocycles. The normalized spacial score (nSPS) is 14.9. The fourth-order valence-electron chi connectivity index (χ4n) is 2.24. The quantitative estimate of drug-likeness (QED) is 0.888. The van der Waals surface area contributed by atoms with Crippen molar-refractivity contribution < 1.29 is 0 Å². The number of hydrogen-bond acceptors (Lipinski definition) is 4. The minimum Gasteiger partial charge on any atom is -0.311 e. The number of rotatable bonds is 5. The summed E-state index contributed by atoms with van der Waals surface area (Å²) >= 11 is 1.94. The van der Waals surface area contributed by atoms with E-state index in [2.05, 4.69) is 26.1 Å². The molecule has 2 heterocycles. The third-order valence-corrected chi connectivity index (χ3v) is 4.45. The molecule has 1 aromatic rings. The highest BCUT2D eigenvalue weighted by molar-refractivity contribution is 7.98. The van der Waals surface area contributed by atoms with Crippen LogP contribution in [0.4, 0.5) is 0 Å². The molecule has 1 N–H and O–H groups in total. The molecule has 0 fully saturated rings. The molecule has 0 amide bonds. The Labute approximate surface area is 114 Å². The lowest BCUT2D eigenvalue weighted by atomic mass is 10.0. The van der Waals surface area contributed by atoms with E-state index in [0.717, 1.165) is 43.4 Å². The van der Waals surface area contributed by atoms with Crippen molar-refractivity contribution in [2.45, 2.75) is 45.9 Å². The molecule has 2 rings (SSSR count). The molecule has 0 spiro atoms. The van der Waals surface area contributed by atoms with Gasteiger partial charge in [-0.05, 0) is 36.6 Å². The summed E-state index contributed by atoms with van der Waals surface area (Å²) in [5.41, 5.74) is 3.89. The molecular weight excluding hydrogens is 242 g/mol. The second-order valence-corrected chi connectivity index (χ2v) is 6.23. The van der Waals surface area contributed by atoms with Gasteiger partial charge < -0.3 is 5.32 Å². The second-order valence-electron chi connectivity index (χ2n) is 5.20. The molecule has 0 bridgehead atoms. The van der Waals surface area contributed by atoms with E-state index in [1.54, 1.807) is 0 Å². The largest absolute Gasteiger partial charge is 0.311 e. The van der Waals surface area contributed by atoms with Crippen LogP contribution in [0.15, 0.2) is 0 Å². The SMILES string of the molecule is CCc1nc(CSCC(C)C)nc2c1CCNC2. The number of aromatic nitrogens is 2. The molecule has 0 atom stereocenters. The van der Waals surface area contributed by atoms with Crippen molar-refractivity contribution in [3.63, 3.8) is 0 Å². The van der Waals surface area contributed by atoms with Crippen LogP contribution in [-0.4, -0.2) is 22.3 Å². The summed E-state index contributed by atoms with van der Waals surface area (Å²) in [5.74, 6) is 3.87. The van der Waals surface area contributed by atoms with Crippen molar-refractivity contribution in [2.75, 3.05) is 12.3 Å². The van der Waals surface area contributed by atoms with E-state index in [0.29, 0.717) is 0 Å². The van der Waals surface area contributed by atoms with Crippen LogP contribution in [0.1, 0.15) is 43.5 Å². The van der Waals surface area contributed by atoms with Crippen LogP contribution in [0.25, 0.3) is 0 Å². The lowest BCUT2D eigenvalue weighted by molar-refractivity contribution is 0.611. The highest BCUT2D eigenvalue weighted by Gasteiger charge is 2.16. The smallest absolute Gasteiger partial charge is 0.138 e. The number of fused-ring (bicyclic) bond motifs is 1. The monoisotopic (exact) mass is 265 g/mol. The lowest BCUT2D eigenvalue weighted by Crippen LogP contribution is -2.27. The van der Waals surface area contributed by atoms with Crippen molar-refractivity contribution in [3.8, 4) is 0 Å². The van der Waals surface area contributed by atoms with E-state index in [1.165, 1.54) is 22.7 Å². The summed E-state index contributed by atoms with van der Waals surface area (Å²) in [6.07, 6.45) is 2.10. The van der Waals surface area contributed by atoms with Gasteiger partial charge in [0.15, 0.2) is 0 Å². The van der Waals surface area contributed by atoms with Crippen LogP contribution in [0, 0.1) is 5.92 Å². The second kappa shape index (κ2) is 6.53. The molecule has 0 aliphatic carbocycles. The zero-order valence-electron chi connectivity index (χ0n) is 11.6. The number of aryl methyl sites for hydroxylation is 1. The molecule has 1 aliphatic rings. The minimum absolute atomic E-state index is 0.736. The molecule has 0 saturated carbocycles. The predicted molar refractivity (Wildman–Crippen MR) is 77.8 cm³/mol. The van der Waals surface area contributed by atoms with Crippen LogP contribution in [0.3, 0.4) is 0 Å². The van der Waals surface area contributed by atoms with Gasteiger partial charge in [0.05, 0.1) is 11.4 Å². The Hall–Kier alpha value is -0.610. The first-order valence-electron chi connectivity index (χ1n) is 6.86. The summed E-state index contributed by atoms with van der Waals surface area (Å²) in [7, 11) is 0. The fraction of sp³-hybridized carbons (Fsp3) is 0.714. The maximum atomic E-state index is 4.74. The van der Waals surface area contributed by atoms with E-state index in [9.17, 15) is 0 Å². The first kappa shape index (κ1) is 13.8. The van der Waals surface area contributed by atoms with Crippen LogP contribution in [0.2, 0.25) is 0 Å². The first-order valence-corrected chi connectivity index (χ1v) is 8.02. The summed E-state index contributed by atoms with van der Waals surface area (Å²) in [6, 6.07) is 0. The molecule has 4 heteroatoms. The van der Waals surface area contributed by atoms with Gasteiger partial charge in [-0.3, -0.25) is 0 Å². The third-order valence-electron chi connectivity index (χ3n) is 3.09. The molecule has 0 unspecified atom stereocenters. The molecule has 1 aliphatic heterocycles. The van der Waals surface area contributed by atoms with E-state index in [-0.39, 0.29) is 0 Å². The van der Waals surface area contributed by atoms with Gasteiger partial charge in [-0.1, -0.05) is 20.8 Å². The lowest BCUT2D eigenvalue weighted by Gasteiger charge is -2.19. The highest BCUT2D eigenvalue weighted by Crippen LogP contribution is 2.19. The van der Waals surface area contributed by atoms with Gasteiger partial charge in [0.25, 0.3) is 0 Å². The predicted octanol–water partition coefficient (Wildman–Crippen LogP) is 2.57. The summed E-state index contributed by atoms with van der Waals surface area (Å²) in [6.45, 7) is 8.66. The standard InChI is InChI=1S/C14H23N3S/c1-4-12-11-5-6-15-7-13(11)17-14(16-12)9-18-8-10(2)3/h10,15H,4-9H2,1-3H3. The van der Waals surface area contributed by atoms with E-state index in [4.69, 9.17) is 9.97 Å². The maximum Gasteiger partial charge on any atom is 0.138 e. The van der Waals surface area contributed by atoms with Gasteiger partial charge in [0.2, 0.25) is 0 Å². The Kier molecular flexibility index (Phi) is 5.01. The molecule has 3 nitrogen and oxygen atoms in total. The third kappa shape index (κ3) is 3.45. The van der Waals surface area contributed by atoms with Gasteiger partial charge in [-0.25, -0.2) is 9.97 Å². The molecule has 0 aromatic carbocycles. The van der Waals surface area contributed by atoms with Gasteiger partial charge in [0, 0.05) is 12.2 Å². The Balaban J connectivity index is 2.11. The highest BCUT2D eigenvalue weighted by atomic mass is 32.2. The maximum absolute atomic E-state index is 4.74. The van der Waals surface area contributed by atoms with Crippen LogP contribution in [-0.2, 0) is 25.1 Å². The molecule has 18 heavy (non-hydrogen) atoms. The van der Waals surface area contributed by atoms with Gasteiger partial charge in [0.1, 0.15) is 5.82 Å². The fourth-order valence-corrected chi connectivity index (χ4v) is 3.14. The first-order chi connectivity index (χ1) is 8.70. The van der Waals surface area contributed by atoms with Crippen LogP contribution < -0.4 is 5.32 Å². The molecule has 100 valence electrons. The molecule has 0 radical (unpaired) electrons. The number of hydrogen-bond donors (Lipinski definition) is 1. The van der Waals surface area contributed by atoms with Crippen molar-refractivity contribution >= 4 is 11.8 Å². The van der Waals surface area contributed by atoms with Crippen LogP contribution >= 0.6 is 11.8 Å². The number of thioether (sulfide) groups is 1. The average Bonchev–Trinajstić information content (AvgIpc) is 2.37. The zero-order valence-corrected chi connectivity index (χ0v) is 12.4. The number of nitrogens with zero attached hydrogens (tertiary/aromatic N) is 2. The topological polar surface area (TPSA) is 37.8 Å². The van der Waals surface area contributed by atoms with Gasteiger partial charge >= 0.3 is 0 Å². The Bertz CT molecular complexity index is 387. The van der Waals surface area contributed by atoms with Crippen LogP contribution in [0.5, 0.6) is 0 Å². The van der Waals surface area contributed by atoms with Gasteiger partial charge in [-0.15, -0.1) is 0 Å². The zero-order chi connectivity index (χ0) is 13.0. The summed E-state index contributed by atoms with van der Waals surface area (Å²) in [5, 5.41) is 3.40. The number of nitrogens with one attached hydrogen (secondary N) is 1. The van der Waals surface area contributed by atoms with Crippen molar-refractivity contribution in [1.29, 1.82) is 0 Å². The summed E-state index contributed by atoms with van der Waals surface area (Å²) < 4.78 is 0. The van der Waals surface area contributed by atoms with Crippen molar-refractivity contribution in [3.05, 3.63) is 22.8 Å². The minimum atomic E-state index is 0.736. The van der Waals surface area contributed by atoms with E-state index in [1.807, 2.05) is 11.8 Å². The van der Waals surface area contributed by atoms with E-state index >= 15 is 0 Å². The Morgan fingerprint density at radius 2 is 2.17 bits per heavy atom. The average molecular weight is 265 g/mol. The van der Waals surface area contributed by atoms with Crippen molar-refractivity contribution in [1.82, 2.24) is 15.3 Å². The summed E-state index contributed by atoms with van der Waals surface area (Å²) in [4.78, 5) is 9.47. The Morgan fingerprint density at radius 1 is 1.33 bits per heavy atom. The molecular formula is C14H23N3S. The van der Waals surface area contributed by atoms with Gasteiger partial charge in [-0.2, -0.15) is 11.8 Å². The molecule has 0 saturated heterocycles. The Morgan fingerprint density at radius 3 is 2.89 bits per heavy atom. The van der Waals surface area contributed by atoms with E-state index < -0.39 is 0 Å². The van der Waals surface area contributed by atoms with Crippen molar-refractivity contribution in [2.24, 2.45) is 5.92 Å².